The first-order valence-corrected chi connectivity index (χ1v) is 34.4. The lowest BCUT2D eigenvalue weighted by atomic mass is 9.52. The second-order valence-corrected chi connectivity index (χ2v) is 27.5. The van der Waals surface area contributed by atoms with Crippen molar-refractivity contribution in [2.24, 2.45) is 35.0 Å². The van der Waals surface area contributed by atoms with Crippen molar-refractivity contribution in [3.63, 3.8) is 0 Å². The minimum atomic E-state index is -0.424. The molecule has 2 saturated carbocycles. The molecular weight excluding hydrogens is 1180 g/mol. The van der Waals surface area contributed by atoms with Gasteiger partial charge in [0.05, 0.1) is 82.3 Å². The van der Waals surface area contributed by atoms with Crippen LogP contribution in [0.5, 0.6) is 17.2 Å². The van der Waals surface area contributed by atoms with Gasteiger partial charge in [-0.2, -0.15) is 10.5 Å². The molecule has 0 bridgehead atoms. The number of hydrogen-bond acceptors (Lipinski definition) is 17. The third-order valence-corrected chi connectivity index (χ3v) is 20.7. The molecule has 13 unspecified atom stereocenters. The molecule has 3 aromatic rings. The van der Waals surface area contributed by atoms with E-state index in [9.17, 15) is 20.1 Å². The van der Waals surface area contributed by atoms with Crippen LogP contribution in [0.3, 0.4) is 0 Å². The average Bonchev–Trinajstić information content (AvgIpc) is 0.818. The molecule has 9 rings (SSSR count). The minimum absolute atomic E-state index is 0.0459. The van der Waals surface area contributed by atoms with E-state index in [1.54, 1.807) is 7.11 Å². The van der Waals surface area contributed by atoms with E-state index >= 15 is 0 Å². The molecule has 19 nitrogen and oxygen atoms in total. The molecule has 3 saturated heterocycles. The van der Waals surface area contributed by atoms with Crippen LogP contribution in [0.2, 0.25) is 10.0 Å². The normalized spacial score (nSPS) is 28.6. The van der Waals surface area contributed by atoms with Crippen molar-refractivity contribution in [3.05, 3.63) is 64.1 Å². The first kappa shape index (κ1) is 69.0. The Morgan fingerprint density at radius 1 is 0.767 bits per heavy atom. The lowest BCUT2D eigenvalue weighted by Gasteiger charge is -2.61. The van der Waals surface area contributed by atoms with E-state index in [0.29, 0.717) is 115 Å². The molecule has 4 aliphatic heterocycles. The molecule has 4 heterocycles. The molecule has 13 atom stereocenters. The summed E-state index contributed by atoms with van der Waals surface area (Å²) >= 11 is 14.0. The zero-order valence-corrected chi connectivity index (χ0v) is 55.9. The molecule has 21 heteroatoms. The van der Waals surface area contributed by atoms with Crippen molar-refractivity contribution in [1.82, 2.24) is 31.1 Å². The molecule has 0 spiro atoms. The van der Waals surface area contributed by atoms with Gasteiger partial charge < -0.3 is 76.0 Å². The molecular formula is C69H102Cl2N12O7. The van der Waals surface area contributed by atoms with Gasteiger partial charge >= 0.3 is 0 Å². The maximum absolute atomic E-state index is 14.2. The van der Waals surface area contributed by atoms with E-state index in [0.717, 1.165) is 114 Å². The fourth-order valence-electron chi connectivity index (χ4n) is 15.5. The predicted octanol–water partition coefficient (Wildman–Crippen LogP) is 10.5. The number of rotatable bonds is 28. The van der Waals surface area contributed by atoms with Crippen molar-refractivity contribution in [2.45, 2.75) is 166 Å². The van der Waals surface area contributed by atoms with Gasteiger partial charge in [0.2, 0.25) is 11.8 Å². The van der Waals surface area contributed by atoms with Crippen molar-refractivity contribution in [1.29, 1.82) is 10.5 Å². The Morgan fingerprint density at radius 3 is 2.28 bits per heavy atom. The van der Waals surface area contributed by atoms with Crippen LogP contribution in [0.15, 0.2) is 48.5 Å². The van der Waals surface area contributed by atoms with Gasteiger partial charge in [-0.15, -0.1) is 0 Å². The molecule has 6 aliphatic rings. The van der Waals surface area contributed by atoms with Gasteiger partial charge in [0.15, 0.2) is 0 Å². The topological polar surface area (TPSA) is 231 Å². The molecule has 90 heavy (non-hydrogen) atoms. The maximum Gasteiger partial charge on any atom is 0.224 e. The summed E-state index contributed by atoms with van der Waals surface area (Å²) in [6.45, 7) is 13.5. The fraction of sp³-hybridized carbons (Fsp3) is 0.681. The number of anilines is 4. The van der Waals surface area contributed by atoms with E-state index < -0.39 is 12.0 Å². The largest absolute Gasteiger partial charge is 0.492 e. The van der Waals surface area contributed by atoms with E-state index in [1.807, 2.05) is 76.5 Å². The Labute approximate surface area is 545 Å². The SMILES string of the molecule is CCOc1cc2c(cc1NC(=O)CCCN(C)C)C(Nc1ccc(OCC3NCC(CN(C)CCCC(=O)NC4CC5(C6CCCCCC6)C(CC4OCC)NCC(C#N)C5Nc4ccc(OCC5CC(OC)CCN5)c(Cl)c4)CC3C)cc1Cl)C(C#N)CN2. The van der Waals surface area contributed by atoms with Gasteiger partial charge in [0, 0.05) is 98.8 Å². The third kappa shape index (κ3) is 17.9. The highest BCUT2D eigenvalue weighted by Crippen LogP contribution is 2.55. The lowest BCUT2D eigenvalue weighted by Crippen LogP contribution is -2.72. The van der Waals surface area contributed by atoms with Crippen LogP contribution in [-0.2, 0) is 19.1 Å². The summed E-state index contributed by atoms with van der Waals surface area (Å²) in [5.41, 5.74) is 3.43. The standard InChI is InChI=1S/C69H102Cl2N12O7/c1-8-87-62-33-57-53(32-58(62)79-65(84)18-14-26-82(4)5)67(46(36-72)39-76-57)81-56-22-21-52(31-54(56)70)89-43-60-44(3)28-45(38-75-60)41-83(6)27-15-19-66(85)80-59-35-69(48-16-12-10-11-13-17-48)64(34-63(59)88-9-2)77-40-47(37-73)68(69)78-49-20-23-61(55(71)30-49)90-42-50-29-51(86-7)24-25-74-50/h20-23,30-33,44-48,50-51,59-60,63-64,67-68,74-78,81H,8-19,24-29,34-35,38-43H2,1-7H3,(H,79,84)(H,80,85). The molecule has 8 N–H and O–H groups in total. The Kier molecular flexibility index (Phi) is 25.7. The monoisotopic (exact) mass is 1280 g/mol. The van der Waals surface area contributed by atoms with Gasteiger partial charge in [-0.05, 0) is 173 Å². The van der Waals surface area contributed by atoms with Crippen molar-refractivity contribution < 1.29 is 33.3 Å². The third-order valence-electron chi connectivity index (χ3n) is 20.1. The quantitative estimate of drug-likeness (QED) is 0.0316. The predicted molar refractivity (Wildman–Crippen MR) is 358 cm³/mol. The number of nitriles is 2. The number of methoxy groups -OCH3 is 1. The van der Waals surface area contributed by atoms with Gasteiger partial charge in [0.1, 0.15) is 30.5 Å². The van der Waals surface area contributed by atoms with Gasteiger partial charge in [-0.3, -0.25) is 9.59 Å². The van der Waals surface area contributed by atoms with Crippen LogP contribution in [0.4, 0.5) is 22.7 Å². The highest BCUT2D eigenvalue weighted by Gasteiger charge is 2.60. The fourth-order valence-corrected chi connectivity index (χ4v) is 15.9. The van der Waals surface area contributed by atoms with Gasteiger partial charge in [-0.25, -0.2) is 0 Å². The van der Waals surface area contributed by atoms with Gasteiger partial charge in [-0.1, -0.05) is 55.8 Å². The van der Waals surface area contributed by atoms with Crippen molar-refractivity contribution in [2.75, 3.05) is 122 Å². The smallest absolute Gasteiger partial charge is 0.224 e. The summed E-state index contributed by atoms with van der Waals surface area (Å²) in [4.78, 5) is 31.7. The number of nitrogens with one attached hydrogen (secondary N) is 8. The highest BCUT2D eigenvalue weighted by molar-refractivity contribution is 6.33. The molecule has 0 aromatic heterocycles. The summed E-state index contributed by atoms with van der Waals surface area (Å²) in [6.07, 6.45) is 13.6. The van der Waals surface area contributed by atoms with Crippen LogP contribution in [0.25, 0.3) is 0 Å². The summed E-state index contributed by atoms with van der Waals surface area (Å²) in [7, 11) is 7.90. The summed E-state index contributed by atoms with van der Waals surface area (Å²) in [5, 5.41) is 51.0. The van der Waals surface area contributed by atoms with Crippen LogP contribution < -0.4 is 56.7 Å². The van der Waals surface area contributed by atoms with Crippen LogP contribution >= 0.6 is 23.2 Å². The molecule has 494 valence electrons. The molecule has 3 aromatic carbocycles. The number of piperidine rings is 3. The Balaban J connectivity index is 0.763. The number of benzene rings is 3. The second kappa shape index (κ2) is 33.5. The molecule has 2 amide bonds. The highest BCUT2D eigenvalue weighted by atomic mass is 35.5. The minimum Gasteiger partial charge on any atom is -0.492 e. The Hall–Kier alpha value is -5.32. The van der Waals surface area contributed by atoms with Crippen LogP contribution in [-0.4, -0.2) is 165 Å². The summed E-state index contributed by atoms with van der Waals surface area (Å²) < 4.78 is 30.8. The molecule has 2 aliphatic carbocycles. The summed E-state index contributed by atoms with van der Waals surface area (Å²) in [5.74, 6) is 2.24. The summed E-state index contributed by atoms with van der Waals surface area (Å²) in [6, 6.07) is 20.2. The van der Waals surface area contributed by atoms with E-state index in [1.165, 1.54) is 12.8 Å². The number of fused-ring (bicyclic) bond motifs is 2. The van der Waals surface area contributed by atoms with Crippen molar-refractivity contribution in [3.8, 4) is 29.4 Å². The number of carbonyl (C=O) groups is 2. The zero-order valence-electron chi connectivity index (χ0n) is 54.4. The Morgan fingerprint density at radius 2 is 1.56 bits per heavy atom. The van der Waals surface area contributed by atoms with E-state index in [4.69, 9.17) is 46.9 Å². The zero-order chi connectivity index (χ0) is 63.7. The maximum atomic E-state index is 14.2. The van der Waals surface area contributed by atoms with Crippen LogP contribution in [0, 0.1) is 57.7 Å². The number of nitrogens with zero attached hydrogens (tertiary/aromatic N) is 4. The molecule has 5 fully saturated rings. The average molecular weight is 1280 g/mol. The number of carbonyl (C=O) groups excluding carboxylic acids is 2. The number of hydrogen-bond donors (Lipinski definition) is 8. The first-order valence-electron chi connectivity index (χ1n) is 33.6. The first-order chi connectivity index (χ1) is 43.6. The number of amides is 2. The van der Waals surface area contributed by atoms with E-state index in [-0.39, 0.29) is 65.6 Å². The second-order valence-electron chi connectivity index (χ2n) is 26.7. The van der Waals surface area contributed by atoms with Crippen molar-refractivity contribution >= 4 is 57.8 Å². The molecule has 0 radical (unpaired) electrons. The lowest BCUT2D eigenvalue weighted by molar-refractivity contribution is -0.128. The Bertz CT molecular complexity index is 2900. The van der Waals surface area contributed by atoms with Gasteiger partial charge in [0.25, 0.3) is 0 Å². The number of ether oxygens (including phenoxy) is 5. The van der Waals surface area contributed by atoms with E-state index in [2.05, 4.69) is 78.4 Å². The number of halogens is 2. The van der Waals surface area contributed by atoms with Crippen LogP contribution in [0.1, 0.15) is 129 Å².